The number of carbonyl (C=O) groups excluding carboxylic acids is 1. The number of piperidine rings is 1. The van der Waals surface area contributed by atoms with E-state index in [9.17, 15) is 14.3 Å². The van der Waals surface area contributed by atoms with Crippen LogP contribution in [0.1, 0.15) is 18.4 Å². The lowest BCUT2D eigenvalue weighted by atomic mass is 9.72. The number of carbonyl (C=O) groups is 1. The number of para-hydroxylation sites is 1. The summed E-state index contributed by atoms with van der Waals surface area (Å²) in [4.78, 5) is 14.8. The van der Waals surface area contributed by atoms with Gasteiger partial charge in [-0.3, -0.25) is 4.79 Å². The number of anilines is 1. The van der Waals surface area contributed by atoms with E-state index < -0.39 is 5.41 Å². The van der Waals surface area contributed by atoms with Crippen molar-refractivity contribution in [2.75, 3.05) is 25.1 Å². The molecule has 1 fully saturated rings. The third-order valence-electron chi connectivity index (χ3n) is 5.78. The van der Waals surface area contributed by atoms with Crippen LogP contribution in [0.3, 0.4) is 0 Å². The number of esters is 1. The largest absolute Gasteiger partial charge is 0.507 e. The molecule has 0 radical (unpaired) electrons. The molecule has 0 spiro atoms. The average molecular weight is 407 g/mol. The molecule has 2 aromatic carbocycles. The molecule has 30 heavy (non-hydrogen) atoms. The molecule has 1 aliphatic heterocycles. The Bertz CT molecular complexity index is 1050. The number of hydrogen-bond donors (Lipinski definition) is 1. The van der Waals surface area contributed by atoms with E-state index in [-0.39, 0.29) is 17.5 Å². The molecule has 3 aromatic rings. The summed E-state index contributed by atoms with van der Waals surface area (Å²) in [6, 6.07) is 14.9. The van der Waals surface area contributed by atoms with Crippen molar-refractivity contribution in [3.8, 4) is 17.0 Å². The molecular formula is C23H22FN3O3. The summed E-state index contributed by atoms with van der Waals surface area (Å²) in [6.45, 7) is 1.19. The van der Waals surface area contributed by atoms with Gasteiger partial charge in [-0.15, -0.1) is 0 Å². The molecule has 0 unspecified atom stereocenters. The molecule has 0 amide bonds. The maximum absolute atomic E-state index is 13.4. The number of ether oxygens (including phenoxy) is 1. The Kier molecular flexibility index (Phi) is 5.35. The van der Waals surface area contributed by atoms with Gasteiger partial charge in [-0.1, -0.05) is 24.3 Å². The van der Waals surface area contributed by atoms with Crippen LogP contribution >= 0.6 is 0 Å². The van der Waals surface area contributed by atoms with Crippen LogP contribution in [0.5, 0.6) is 5.75 Å². The molecule has 0 bridgehead atoms. The van der Waals surface area contributed by atoms with Crippen molar-refractivity contribution in [2.24, 2.45) is 0 Å². The van der Waals surface area contributed by atoms with E-state index in [1.807, 2.05) is 12.1 Å². The van der Waals surface area contributed by atoms with Crippen LogP contribution in [0.2, 0.25) is 0 Å². The van der Waals surface area contributed by atoms with Gasteiger partial charge >= 0.3 is 5.97 Å². The van der Waals surface area contributed by atoms with E-state index in [0.717, 1.165) is 11.3 Å². The van der Waals surface area contributed by atoms with Crippen molar-refractivity contribution in [3.63, 3.8) is 0 Å². The van der Waals surface area contributed by atoms with Gasteiger partial charge in [0.25, 0.3) is 0 Å². The van der Waals surface area contributed by atoms with Crippen molar-refractivity contribution in [1.82, 2.24) is 10.2 Å². The summed E-state index contributed by atoms with van der Waals surface area (Å²) in [5.41, 5.74) is 2.01. The highest BCUT2D eigenvalue weighted by Gasteiger charge is 2.44. The zero-order valence-electron chi connectivity index (χ0n) is 16.6. The summed E-state index contributed by atoms with van der Waals surface area (Å²) in [5, 5.41) is 18.3. The normalized spacial score (nSPS) is 15.6. The summed E-state index contributed by atoms with van der Waals surface area (Å²) in [5.74, 6) is -0.504. The van der Waals surface area contributed by atoms with Crippen LogP contribution in [0, 0.1) is 5.82 Å². The van der Waals surface area contributed by atoms with Crippen molar-refractivity contribution in [2.45, 2.75) is 18.3 Å². The topological polar surface area (TPSA) is 75.5 Å². The Morgan fingerprint density at radius 2 is 1.83 bits per heavy atom. The van der Waals surface area contributed by atoms with Gasteiger partial charge in [0.15, 0.2) is 0 Å². The van der Waals surface area contributed by atoms with Gasteiger partial charge in [0.1, 0.15) is 11.6 Å². The predicted octanol–water partition coefficient (Wildman–Crippen LogP) is 3.70. The molecule has 0 aliphatic carbocycles. The number of methoxy groups -OCH3 is 1. The van der Waals surface area contributed by atoms with E-state index in [0.29, 0.717) is 37.2 Å². The number of benzene rings is 2. The molecule has 7 heteroatoms. The number of aromatic nitrogens is 2. The van der Waals surface area contributed by atoms with Crippen molar-refractivity contribution in [1.29, 1.82) is 0 Å². The molecular weight excluding hydrogens is 385 g/mol. The van der Waals surface area contributed by atoms with Gasteiger partial charge in [-0.25, -0.2) is 4.39 Å². The van der Waals surface area contributed by atoms with E-state index in [1.165, 1.54) is 19.2 Å². The van der Waals surface area contributed by atoms with Crippen molar-refractivity contribution in [3.05, 3.63) is 72.2 Å². The van der Waals surface area contributed by atoms with Crippen molar-refractivity contribution < 1.29 is 19.0 Å². The minimum atomic E-state index is -0.806. The molecule has 1 N–H and O–H groups in total. The first kappa shape index (κ1) is 19.8. The second kappa shape index (κ2) is 8.10. The second-order valence-electron chi connectivity index (χ2n) is 7.38. The van der Waals surface area contributed by atoms with Crippen LogP contribution in [0.15, 0.2) is 60.8 Å². The van der Waals surface area contributed by atoms with Gasteiger partial charge in [0, 0.05) is 18.7 Å². The predicted molar refractivity (Wildman–Crippen MR) is 111 cm³/mol. The highest BCUT2D eigenvalue weighted by molar-refractivity contribution is 5.83. The fourth-order valence-corrected chi connectivity index (χ4v) is 4.07. The highest BCUT2D eigenvalue weighted by atomic mass is 19.1. The molecule has 1 saturated heterocycles. The minimum absolute atomic E-state index is 0.142. The van der Waals surface area contributed by atoms with E-state index in [2.05, 4.69) is 15.1 Å². The van der Waals surface area contributed by atoms with Gasteiger partial charge in [0.2, 0.25) is 0 Å². The molecule has 0 atom stereocenters. The Hall–Kier alpha value is -3.48. The van der Waals surface area contributed by atoms with Crippen LogP contribution < -0.4 is 4.90 Å². The molecule has 6 nitrogen and oxygen atoms in total. The number of phenols is 1. The number of hydrogen-bond acceptors (Lipinski definition) is 6. The monoisotopic (exact) mass is 407 g/mol. The maximum Gasteiger partial charge on any atom is 0.316 e. The standard InChI is InChI=1S/C23H22FN3O3/c1-30-22(29)23(16-6-8-17(24)9-7-16)10-12-27(13-11-23)18-14-20(26-25-15-18)19-4-2-3-5-21(19)28/h2-9,14-15,28H,10-13H2,1H3. The molecule has 4 rings (SSSR count). The molecule has 154 valence electrons. The van der Waals surface area contributed by atoms with E-state index >= 15 is 0 Å². The third kappa shape index (κ3) is 3.58. The SMILES string of the molecule is COC(=O)C1(c2ccc(F)cc2)CCN(c2cnnc(-c3ccccc3O)c2)CC1. The van der Waals surface area contributed by atoms with Gasteiger partial charge < -0.3 is 14.7 Å². The van der Waals surface area contributed by atoms with Gasteiger partial charge in [-0.2, -0.15) is 10.2 Å². The third-order valence-corrected chi connectivity index (χ3v) is 5.78. The molecule has 2 heterocycles. The number of nitrogens with zero attached hydrogens (tertiary/aromatic N) is 3. The zero-order chi connectivity index (χ0) is 21.1. The fraction of sp³-hybridized carbons (Fsp3) is 0.261. The molecule has 0 saturated carbocycles. The van der Waals surface area contributed by atoms with E-state index in [4.69, 9.17) is 4.74 Å². The first-order chi connectivity index (χ1) is 14.5. The number of rotatable bonds is 4. The first-order valence-corrected chi connectivity index (χ1v) is 9.74. The van der Waals surface area contributed by atoms with Crippen LogP contribution in [0.4, 0.5) is 10.1 Å². The lowest BCUT2D eigenvalue weighted by molar-refractivity contribution is -0.148. The van der Waals surface area contributed by atoms with Crippen LogP contribution in [-0.4, -0.2) is 41.5 Å². The van der Waals surface area contributed by atoms with Gasteiger partial charge in [0.05, 0.1) is 30.1 Å². The maximum atomic E-state index is 13.4. The Morgan fingerprint density at radius 1 is 1.13 bits per heavy atom. The van der Waals surface area contributed by atoms with Crippen molar-refractivity contribution >= 4 is 11.7 Å². The molecule has 1 aliphatic rings. The second-order valence-corrected chi connectivity index (χ2v) is 7.38. The summed E-state index contributed by atoms with van der Waals surface area (Å²) >= 11 is 0. The Morgan fingerprint density at radius 3 is 2.50 bits per heavy atom. The van der Waals surface area contributed by atoms with Crippen LogP contribution in [0.25, 0.3) is 11.3 Å². The van der Waals surface area contributed by atoms with Crippen LogP contribution in [-0.2, 0) is 14.9 Å². The highest BCUT2D eigenvalue weighted by Crippen LogP contribution is 2.38. The first-order valence-electron chi connectivity index (χ1n) is 9.74. The lowest BCUT2D eigenvalue weighted by Crippen LogP contribution is -2.48. The Labute approximate surface area is 173 Å². The summed E-state index contributed by atoms with van der Waals surface area (Å²) < 4.78 is 18.5. The van der Waals surface area contributed by atoms with E-state index in [1.54, 1.807) is 36.5 Å². The minimum Gasteiger partial charge on any atom is -0.507 e. The number of halogens is 1. The number of aromatic hydroxyl groups is 1. The smallest absolute Gasteiger partial charge is 0.316 e. The average Bonchev–Trinajstić information content (AvgIpc) is 2.79. The molecule has 1 aromatic heterocycles. The Balaban J connectivity index is 1.59. The quantitative estimate of drug-likeness (QED) is 0.665. The lowest BCUT2D eigenvalue weighted by Gasteiger charge is -2.40. The van der Waals surface area contributed by atoms with Gasteiger partial charge in [-0.05, 0) is 48.7 Å². The zero-order valence-corrected chi connectivity index (χ0v) is 16.6. The fourth-order valence-electron chi connectivity index (χ4n) is 4.07. The number of phenolic OH excluding ortho intramolecular Hbond substituents is 1. The summed E-state index contributed by atoms with van der Waals surface area (Å²) in [7, 11) is 1.38. The summed E-state index contributed by atoms with van der Waals surface area (Å²) in [6.07, 6.45) is 2.73.